The highest BCUT2D eigenvalue weighted by Gasteiger charge is 2.20. The summed E-state index contributed by atoms with van der Waals surface area (Å²) in [5.41, 5.74) is 2.66. The minimum absolute atomic E-state index is 0.238. The van der Waals surface area contributed by atoms with Crippen LogP contribution >= 0.6 is 11.3 Å². The van der Waals surface area contributed by atoms with Crippen molar-refractivity contribution >= 4 is 17.3 Å². The number of hydrogen-bond acceptors (Lipinski definition) is 6. The highest BCUT2D eigenvalue weighted by molar-refractivity contribution is 7.17. The number of thiazole rings is 1. The average Bonchev–Trinajstić information content (AvgIpc) is 3.04. The van der Waals surface area contributed by atoms with Gasteiger partial charge in [0, 0.05) is 24.4 Å². The van der Waals surface area contributed by atoms with Crippen molar-refractivity contribution in [2.24, 2.45) is 0 Å². The van der Waals surface area contributed by atoms with Crippen LogP contribution in [0.25, 0.3) is 10.6 Å². The molecule has 0 bridgehead atoms. The molecule has 0 aliphatic carbocycles. The summed E-state index contributed by atoms with van der Waals surface area (Å²) in [6, 6.07) is 11.4. The topological polar surface area (TPSA) is 61.3 Å². The largest absolute Gasteiger partial charge is 0.497 e. The third-order valence-corrected chi connectivity index (χ3v) is 5.06. The van der Waals surface area contributed by atoms with E-state index in [-0.39, 0.29) is 12.1 Å². The molecule has 0 saturated carbocycles. The smallest absolute Gasteiger partial charge is 0.350 e. The molecule has 0 aliphatic rings. The molecule has 2 heterocycles. The van der Waals surface area contributed by atoms with Crippen molar-refractivity contribution in [3.63, 3.8) is 0 Å². The van der Waals surface area contributed by atoms with Crippen molar-refractivity contribution in [2.75, 3.05) is 7.11 Å². The van der Waals surface area contributed by atoms with Crippen molar-refractivity contribution < 1.29 is 14.3 Å². The van der Waals surface area contributed by atoms with E-state index in [9.17, 15) is 4.79 Å². The van der Waals surface area contributed by atoms with Crippen molar-refractivity contribution in [1.82, 2.24) is 9.97 Å². The van der Waals surface area contributed by atoms with E-state index in [0.717, 1.165) is 21.9 Å². The van der Waals surface area contributed by atoms with Crippen LogP contribution in [-0.4, -0.2) is 29.2 Å². The fourth-order valence-electron chi connectivity index (χ4n) is 2.57. The zero-order valence-electron chi connectivity index (χ0n) is 14.9. The number of carbonyl (C=O) groups excluding carboxylic acids is 1. The Morgan fingerprint density at radius 2 is 2.00 bits per heavy atom. The fourth-order valence-corrected chi connectivity index (χ4v) is 3.53. The van der Waals surface area contributed by atoms with Gasteiger partial charge < -0.3 is 9.47 Å². The number of methoxy groups -OCH3 is 1. The van der Waals surface area contributed by atoms with Crippen molar-refractivity contribution in [1.29, 1.82) is 0 Å². The molecule has 1 unspecified atom stereocenters. The van der Waals surface area contributed by atoms with Crippen molar-refractivity contribution in [2.45, 2.75) is 26.4 Å². The van der Waals surface area contributed by atoms with Crippen molar-refractivity contribution in [3.8, 4) is 16.3 Å². The van der Waals surface area contributed by atoms with E-state index < -0.39 is 0 Å². The van der Waals surface area contributed by atoms with Gasteiger partial charge in [0.2, 0.25) is 0 Å². The number of nitrogens with zero attached hydrogens (tertiary/aromatic N) is 2. The van der Waals surface area contributed by atoms with Gasteiger partial charge in [0.1, 0.15) is 21.7 Å². The van der Waals surface area contributed by atoms with Gasteiger partial charge in [-0.15, -0.1) is 11.3 Å². The zero-order valence-corrected chi connectivity index (χ0v) is 15.7. The molecular weight excluding hydrogens is 348 g/mol. The third kappa shape index (κ3) is 4.26. The lowest BCUT2D eigenvalue weighted by Crippen LogP contribution is -2.17. The summed E-state index contributed by atoms with van der Waals surface area (Å²) in [5.74, 6) is 0.446. The Morgan fingerprint density at radius 1 is 1.23 bits per heavy atom. The Balaban J connectivity index is 1.70. The molecule has 0 radical (unpaired) electrons. The van der Waals surface area contributed by atoms with Gasteiger partial charge in [0.25, 0.3) is 0 Å². The second-order valence-corrected chi connectivity index (χ2v) is 6.94. The van der Waals surface area contributed by atoms with E-state index in [0.29, 0.717) is 17.0 Å². The first-order valence-corrected chi connectivity index (χ1v) is 9.10. The molecular formula is C20H20N2O3S. The van der Waals surface area contributed by atoms with Crippen LogP contribution in [0.3, 0.4) is 0 Å². The fraction of sp³-hybridized carbons (Fsp3) is 0.250. The van der Waals surface area contributed by atoms with Gasteiger partial charge >= 0.3 is 5.97 Å². The second kappa shape index (κ2) is 8.10. The molecule has 5 nitrogen and oxygen atoms in total. The first-order chi connectivity index (χ1) is 12.6. The van der Waals surface area contributed by atoms with Crippen LogP contribution in [0.1, 0.15) is 27.9 Å². The summed E-state index contributed by atoms with van der Waals surface area (Å²) in [7, 11) is 1.63. The number of aryl methyl sites for hydroxylation is 1. The zero-order chi connectivity index (χ0) is 18.5. The van der Waals surface area contributed by atoms with E-state index in [2.05, 4.69) is 9.97 Å². The summed E-state index contributed by atoms with van der Waals surface area (Å²) in [6.07, 6.45) is 3.90. The molecule has 134 valence electrons. The molecule has 3 aromatic rings. The summed E-state index contributed by atoms with van der Waals surface area (Å²) in [4.78, 5) is 21.7. The molecule has 1 aromatic carbocycles. The Morgan fingerprint density at radius 3 is 2.65 bits per heavy atom. The average molecular weight is 368 g/mol. The first-order valence-electron chi connectivity index (χ1n) is 8.28. The summed E-state index contributed by atoms with van der Waals surface area (Å²) < 4.78 is 10.8. The minimum atomic E-state index is -0.337. The summed E-state index contributed by atoms with van der Waals surface area (Å²) in [5, 5.41) is 0.789. The Kier molecular flexibility index (Phi) is 5.63. The molecule has 0 aliphatic heterocycles. The molecule has 1 atom stereocenters. The lowest BCUT2D eigenvalue weighted by molar-refractivity contribution is 0.0347. The monoisotopic (exact) mass is 368 g/mol. The molecule has 0 spiro atoms. The molecule has 3 rings (SSSR count). The standard InChI is InChI=1S/C20H20N2O3S/c1-13(11-15-5-4-10-21-12-15)25-20(23)18-14(2)22-19(26-18)16-6-8-17(24-3)9-7-16/h4-10,12-13H,11H2,1-3H3. The van der Waals surface area contributed by atoms with Crippen LogP contribution in [0.4, 0.5) is 0 Å². The molecule has 0 N–H and O–H groups in total. The quantitative estimate of drug-likeness (QED) is 0.607. The third-order valence-electron chi connectivity index (χ3n) is 3.87. The maximum atomic E-state index is 12.5. The number of benzene rings is 1. The highest BCUT2D eigenvalue weighted by Crippen LogP contribution is 2.30. The second-order valence-electron chi connectivity index (χ2n) is 5.94. The number of pyridine rings is 1. The predicted octanol–water partition coefficient (Wildman–Crippen LogP) is 4.31. The van der Waals surface area contributed by atoms with Crippen LogP contribution in [0.15, 0.2) is 48.8 Å². The van der Waals surface area contributed by atoms with Gasteiger partial charge in [-0.3, -0.25) is 4.98 Å². The SMILES string of the molecule is COc1ccc(-c2nc(C)c(C(=O)OC(C)Cc3cccnc3)s2)cc1. The molecule has 6 heteroatoms. The summed E-state index contributed by atoms with van der Waals surface area (Å²) >= 11 is 1.34. The lowest BCUT2D eigenvalue weighted by atomic mass is 10.1. The van der Waals surface area contributed by atoms with Crippen LogP contribution in [0.5, 0.6) is 5.75 Å². The molecule has 26 heavy (non-hydrogen) atoms. The van der Waals surface area contributed by atoms with Gasteiger partial charge in [0.05, 0.1) is 12.8 Å². The van der Waals surface area contributed by atoms with Gasteiger partial charge in [-0.25, -0.2) is 9.78 Å². The number of hydrogen-bond donors (Lipinski definition) is 0. The van der Waals surface area contributed by atoms with Gasteiger partial charge in [-0.05, 0) is 49.7 Å². The number of aromatic nitrogens is 2. The predicted molar refractivity (Wildman–Crippen MR) is 102 cm³/mol. The van der Waals surface area contributed by atoms with Gasteiger partial charge in [-0.1, -0.05) is 6.07 Å². The van der Waals surface area contributed by atoms with Crippen LogP contribution in [0.2, 0.25) is 0 Å². The van der Waals surface area contributed by atoms with Crippen LogP contribution < -0.4 is 4.74 Å². The number of esters is 1. The number of carbonyl (C=O) groups is 1. The Hall–Kier alpha value is -2.73. The summed E-state index contributed by atoms with van der Waals surface area (Å²) in [6.45, 7) is 3.71. The Labute approximate surface area is 156 Å². The van der Waals surface area contributed by atoms with E-state index in [4.69, 9.17) is 9.47 Å². The van der Waals surface area contributed by atoms with E-state index in [1.165, 1.54) is 11.3 Å². The van der Waals surface area contributed by atoms with Crippen LogP contribution in [0, 0.1) is 6.92 Å². The van der Waals surface area contributed by atoms with Crippen LogP contribution in [-0.2, 0) is 11.2 Å². The van der Waals surface area contributed by atoms with Gasteiger partial charge in [-0.2, -0.15) is 0 Å². The molecule has 0 fully saturated rings. The lowest BCUT2D eigenvalue weighted by Gasteiger charge is -2.12. The molecule has 2 aromatic heterocycles. The highest BCUT2D eigenvalue weighted by atomic mass is 32.1. The van der Waals surface area contributed by atoms with Crippen molar-refractivity contribution in [3.05, 3.63) is 64.9 Å². The van der Waals surface area contributed by atoms with E-state index in [1.54, 1.807) is 19.5 Å². The van der Waals surface area contributed by atoms with E-state index >= 15 is 0 Å². The molecule has 0 amide bonds. The molecule has 0 saturated heterocycles. The van der Waals surface area contributed by atoms with Gasteiger partial charge in [0.15, 0.2) is 0 Å². The normalized spacial score (nSPS) is 11.8. The van der Waals surface area contributed by atoms with E-state index in [1.807, 2.05) is 50.2 Å². The maximum absolute atomic E-state index is 12.5. The first kappa shape index (κ1) is 18.1. The number of ether oxygens (including phenoxy) is 2. The number of rotatable bonds is 6. The Bertz CT molecular complexity index is 876. The minimum Gasteiger partial charge on any atom is -0.497 e. The maximum Gasteiger partial charge on any atom is 0.350 e.